The molecule has 0 bridgehead atoms. The van der Waals surface area contributed by atoms with Crippen molar-refractivity contribution in [2.75, 3.05) is 13.7 Å². The third-order valence-corrected chi connectivity index (χ3v) is 4.11. The first-order chi connectivity index (χ1) is 9.72. The number of rotatable bonds is 4. The second-order valence-corrected chi connectivity index (χ2v) is 5.52. The molecule has 2 rings (SSSR count). The van der Waals surface area contributed by atoms with Gasteiger partial charge in [0.15, 0.2) is 0 Å². The van der Waals surface area contributed by atoms with Gasteiger partial charge in [0.05, 0.1) is 6.61 Å². The minimum atomic E-state index is 0.125. The van der Waals surface area contributed by atoms with Crippen LogP contribution in [0.3, 0.4) is 0 Å². The minimum absolute atomic E-state index is 0.125. The van der Waals surface area contributed by atoms with Crippen molar-refractivity contribution in [3.63, 3.8) is 0 Å². The lowest BCUT2D eigenvalue weighted by atomic mass is 10.1. The maximum Gasteiger partial charge on any atom is 0.253 e. The molecule has 1 saturated carbocycles. The minimum Gasteiger partial charge on any atom is -0.494 e. The van der Waals surface area contributed by atoms with Gasteiger partial charge in [-0.2, -0.15) is 0 Å². The van der Waals surface area contributed by atoms with Gasteiger partial charge in [0.2, 0.25) is 0 Å². The van der Waals surface area contributed by atoms with Crippen molar-refractivity contribution in [3.05, 3.63) is 29.8 Å². The molecule has 0 heterocycles. The predicted octanol–water partition coefficient (Wildman–Crippen LogP) is 3.88. The van der Waals surface area contributed by atoms with Gasteiger partial charge in [-0.1, -0.05) is 25.7 Å². The molecule has 1 aromatic carbocycles. The fraction of sp³-hybridized carbons (Fsp3) is 0.588. The Labute approximate surface area is 121 Å². The van der Waals surface area contributed by atoms with Crippen molar-refractivity contribution in [2.24, 2.45) is 0 Å². The Morgan fingerprint density at radius 1 is 1.15 bits per heavy atom. The fourth-order valence-electron chi connectivity index (χ4n) is 2.87. The van der Waals surface area contributed by atoms with Crippen LogP contribution in [0, 0.1) is 0 Å². The van der Waals surface area contributed by atoms with Gasteiger partial charge in [-0.15, -0.1) is 0 Å². The molecule has 1 aliphatic carbocycles. The third kappa shape index (κ3) is 3.75. The van der Waals surface area contributed by atoms with Gasteiger partial charge in [0, 0.05) is 18.7 Å². The Kier molecular flexibility index (Phi) is 5.45. The molecule has 0 radical (unpaired) electrons. The van der Waals surface area contributed by atoms with Crippen molar-refractivity contribution in [1.29, 1.82) is 0 Å². The average molecular weight is 275 g/mol. The van der Waals surface area contributed by atoms with Crippen molar-refractivity contribution in [3.8, 4) is 5.75 Å². The monoisotopic (exact) mass is 275 g/mol. The zero-order valence-electron chi connectivity index (χ0n) is 12.6. The van der Waals surface area contributed by atoms with E-state index in [-0.39, 0.29) is 5.91 Å². The van der Waals surface area contributed by atoms with E-state index in [9.17, 15) is 4.79 Å². The van der Waals surface area contributed by atoms with Crippen molar-refractivity contribution in [1.82, 2.24) is 4.90 Å². The van der Waals surface area contributed by atoms with Crippen LogP contribution < -0.4 is 4.74 Å². The number of carbonyl (C=O) groups is 1. The van der Waals surface area contributed by atoms with Gasteiger partial charge in [-0.25, -0.2) is 0 Å². The highest BCUT2D eigenvalue weighted by molar-refractivity contribution is 5.94. The van der Waals surface area contributed by atoms with E-state index in [1.807, 2.05) is 43.1 Å². The van der Waals surface area contributed by atoms with E-state index in [1.54, 1.807) is 0 Å². The van der Waals surface area contributed by atoms with Crippen LogP contribution in [0.15, 0.2) is 24.3 Å². The Morgan fingerprint density at radius 2 is 1.75 bits per heavy atom. The highest BCUT2D eigenvalue weighted by atomic mass is 16.5. The second kappa shape index (κ2) is 7.32. The number of benzene rings is 1. The summed E-state index contributed by atoms with van der Waals surface area (Å²) in [6, 6.07) is 7.87. The molecule has 0 atom stereocenters. The number of hydrogen-bond acceptors (Lipinski definition) is 2. The fourth-order valence-corrected chi connectivity index (χ4v) is 2.87. The Bertz CT molecular complexity index is 419. The Morgan fingerprint density at radius 3 is 2.30 bits per heavy atom. The van der Waals surface area contributed by atoms with Crippen LogP contribution in [0.25, 0.3) is 0 Å². The molecule has 0 aliphatic heterocycles. The number of carbonyl (C=O) groups excluding carboxylic acids is 1. The van der Waals surface area contributed by atoms with Crippen LogP contribution in [-0.4, -0.2) is 30.5 Å². The molecule has 0 unspecified atom stereocenters. The van der Waals surface area contributed by atoms with Crippen molar-refractivity contribution in [2.45, 2.75) is 51.5 Å². The van der Waals surface area contributed by atoms with E-state index in [0.717, 1.165) is 24.2 Å². The standard InChI is InChI=1S/C17H25NO2/c1-3-20-16-12-10-14(11-13-16)17(19)18(2)15-8-6-4-5-7-9-15/h10-13,15H,3-9H2,1-2H3. The summed E-state index contributed by atoms with van der Waals surface area (Å²) in [6.45, 7) is 2.61. The lowest BCUT2D eigenvalue weighted by Gasteiger charge is -2.27. The SMILES string of the molecule is CCOc1ccc(C(=O)N(C)C2CCCCCC2)cc1. The molecule has 20 heavy (non-hydrogen) atoms. The van der Waals surface area contributed by atoms with Crippen LogP contribution in [0.1, 0.15) is 55.8 Å². The van der Waals surface area contributed by atoms with Crippen molar-refractivity contribution >= 4 is 5.91 Å². The molecule has 3 heteroatoms. The molecule has 3 nitrogen and oxygen atoms in total. The van der Waals surface area contributed by atoms with Crippen LogP contribution >= 0.6 is 0 Å². The van der Waals surface area contributed by atoms with E-state index in [2.05, 4.69) is 0 Å². The number of hydrogen-bond donors (Lipinski definition) is 0. The molecular formula is C17H25NO2. The third-order valence-electron chi connectivity index (χ3n) is 4.11. The smallest absolute Gasteiger partial charge is 0.253 e. The quantitative estimate of drug-likeness (QED) is 0.780. The molecule has 1 aliphatic rings. The van der Waals surface area contributed by atoms with Gasteiger partial charge in [0.25, 0.3) is 5.91 Å². The van der Waals surface area contributed by atoms with E-state index >= 15 is 0 Å². The van der Waals surface area contributed by atoms with E-state index < -0.39 is 0 Å². The Hall–Kier alpha value is -1.51. The van der Waals surface area contributed by atoms with Gasteiger partial charge in [-0.05, 0) is 44.0 Å². The summed E-state index contributed by atoms with van der Waals surface area (Å²) in [6.07, 6.45) is 7.37. The summed E-state index contributed by atoms with van der Waals surface area (Å²) in [5.41, 5.74) is 0.750. The highest BCUT2D eigenvalue weighted by Gasteiger charge is 2.22. The van der Waals surface area contributed by atoms with Crippen LogP contribution in [0.4, 0.5) is 0 Å². The molecule has 0 saturated heterocycles. The maximum atomic E-state index is 12.5. The van der Waals surface area contributed by atoms with Gasteiger partial charge < -0.3 is 9.64 Å². The zero-order chi connectivity index (χ0) is 14.4. The normalized spacial score (nSPS) is 16.5. The lowest BCUT2D eigenvalue weighted by Crippen LogP contribution is -2.36. The maximum absolute atomic E-state index is 12.5. The Balaban J connectivity index is 2.01. The molecule has 1 amide bonds. The lowest BCUT2D eigenvalue weighted by molar-refractivity contribution is 0.0717. The summed E-state index contributed by atoms with van der Waals surface area (Å²) in [7, 11) is 1.94. The molecular weight excluding hydrogens is 250 g/mol. The zero-order valence-corrected chi connectivity index (χ0v) is 12.6. The van der Waals surface area contributed by atoms with Gasteiger partial charge in [-0.3, -0.25) is 4.79 Å². The first-order valence-corrected chi connectivity index (χ1v) is 7.72. The molecule has 0 N–H and O–H groups in total. The average Bonchev–Trinajstić information content (AvgIpc) is 2.76. The number of ether oxygens (including phenoxy) is 1. The summed E-state index contributed by atoms with van der Waals surface area (Å²) < 4.78 is 5.41. The predicted molar refractivity (Wildman–Crippen MR) is 81.2 cm³/mol. The molecule has 0 aromatic heterocycles. The van der Waals surface area contributed by atoms with Crippen LogP contribution in [0.2, 0.25) is 0 Å². The molecule has 0 spiro atoms. The summed E-state index contributed by atoms with van der Waals surface area (Å²) in [4.78, 5) is 14.4. The van der Waals surface area contributed by atoms with Crippen LogP contribution in [0.5, 0.6) is 5.75 Å². The van der Waals surface area contributed by atoms with Crippen molar-refractivity contribution < 1.29 is 9.53 Å². The molecule has 1 fully saturated rings. The second-order valence-electron chi connectivity index (χ2n) is 5.52. The summed E-state index contributed by atoms with van der Waals surface area (Å²) in [5.74, 6) is 0.945. The van der Waals surface area contributed by atoms with Gasteiger partial charge >= 0.3 is 0 Å². The summed E-state index contributed by atoms with van der Waals surface area (Å²) in [5, 5.41) is 0. The summed E-state index contributed by atoms with van der Waals surface area (Å²) >= 11 is 0. The largest absolute Gasteiger partial charge is 0.494 e. The number of nitrogens with zero attached hydrogens (tertiary/aromatic N) is 1. The van der Waals surface area contributed by atoms with E-state index in [0.29, 0.717) is 12.6 Å². The number of amides is 1. The first-order valence-electron chi connectivity index (χ1n) is 7.72. The van der Waals surface area contributed by atoms with Gasteiger partial charge in [0.1, 0.15) is 5.75 Å². The van der Waals surface area contributed by atoms with Crippen LogP contribution in [-0.2, 0) is 0 Å². The van der Waals surface area contributed by atoms with E-state index in [1.165, 1.54) is 25.7 Å². The molecule has 1 aromatic rings. The topological polar surface area (TPSA) is 29.5 Å². The van der Waals surface area contributed by atoms with E-state index in [4.69, 9.17) is 4.74 Å². The first kappa shape index (κ1) is 14.9. The highest BCUT2D eigenvalue weighted by Crippen LogP contribution is 2.22. The molecule has 110 valence electrons.